The van der Waals surface area contributed by atoms with Crippen molar-refractivity contribution in [3.63, 3.8) is 0 Å². The summed E-state index contributed by atoms with van der Waals surface area (Å²) in [6.45, 7) is 5.27. The largest absolute Gasteiger partial charge is 0.416 e. The molecule has 0 saturated carbocycles. The molecule has 1 aliphatic heterocycles. The van der Waals surface area contributed by atoms with Crippen LogP contribution in [0.4, 0.5) is 30.7 Å². The molecule has 2 N–H and O–H groups in total. The van der Waals surface area contributed by atoms with Gasteiger partial charge in [-0.2, -0.15) is 26.3 Å². The minimum atomic E-state index is -4.97. The van der Waals surface area contributed by atoms with E-state index >= 15 is 0 Å². The van der Waals surface area contributed by atoms with Crippen LogP contribution in [0.2, 0.25) is 0 Å². The highest BCUT2D eigenvalue weighted by molar-refractivity contribution is 6.02. The molecule has 0 bridgehead atoms. The standard InChI is InChI=1S/C30H31F7N2O/c1-4-19-12-21(8-10-25(31)13-19)26(28(38)40)11-9-20-7-5-6-17(2)27(39-18(20)3)22-14-23(29(32,33)34)16-24(15-22)30(35,36)37/h5,7-8,10-12,14-18,20H,4,6,9,13H2,1-3H3,(H2,38,40). The van der Waals surface area contributed by atoms with Crippen molar-refractivity contribution in [2.75, 3.05) is 0 Å². The van der Waals surface area contributed by atoms with Gasteiger partial charge in [-0.25, -0.2) is 4.39 Å². The Labute approximate surface area is 228 Å². The molecule has 1 aromatic rings. The summed E-state index contributed by atoms with van der Waals surface area (Å²) >= 11 is 0. The van der Waals surface area contributed by atoms with Gasteiger partial charge in [-0.15, -0.1) is 0 Å². The van der Waals surface area contributed by atoms with Crippen LogP contribution in [0.15, 0.2) is 82.2 Å². The highest BCUT2D eigenvalue weighted by atomic mass is 19.4. The van der Waals surface area contributed by atoms with Crippen LogP contribution in [0, 0.1) is 11.8 Å². The normalized spacial score (nSPS) is 22.9. The molecule has 3 nitrogen and oxygen atoms in total. The molecule has 1 heterocycles. The van der Waals surface area contributed by atoms with Crippen LogP contribution in [0.25, 0.3) is 0 Å². The Balaban J connectivity index is 2.00. The number of carbonyl (C=O) groups is 1. The molecule has 216 valence electrons. The van der Waals surface area contributed by atoms with Crippen molar-refractivity contribution in [3.05, 3.63) is 93.9 Å². The Bertz CT molecular complexity index is 1280. The fraction of sp³-hybridized carbons (Fsp3) is 0.400. The van der Waals surface area contributed by atoms with Crippen LogP contribution >= 0.6 is 0 Å². The molecular formula is C30H31F7N2O. The number of halogens is 7. The zero-order valence-electron chi connectivity index (χ0n) is 22.3. The summed E-state index contributed by atoms with van der Waals surface area (Å²) in [6.07, 6.45) is 1.16. The van der Waals surface area contributed by atoms with Crippen molar-refractivity contribution in [1.82, 2.24) is 0 Å². The molecule has 0 saturated heterocycles. The zero-order chi connectivity index (χ0) is 29.8. The molecule has 3 rings (SSSR count). The topological polar surface area (TPSA) is 55.4 Å². The quantitative estimate of drug-likeness (QED) is 0.209. The van der Waals surface area contributed by atoms with Crippen LogP contribution in [0.3, 0.4) is 0 Å². The number of alkyl halides is 6. The summed E-state index contributed by atoms with van der Waals surface area (Å²) in [7, 11) is 0. The van der Waals surface area contributed by atoms with Gasteiger partial charge in [0.1, 0.15) is 5.83 Å². The summed E-state index contributed by atoms with van der Waals surface area (Å²) in [5.74, 6) is -1.84. The highest BCUT2D eigenvalue weighted by Gasteiger charge is 2.37. The van der Waals surface area contributed by atoms with E-state index in [1.54, 1.807) is 26.0 Å². The molecule has 3 unspecified atom stereocenters. The first kappa shape index (κ1) is 31.1. The molecular weight excluding hydrogens is 537 g/mol. The monoisotopic (exact) mass is 568 g/mol. The Morgan fingerprint density at radius 3 is 2.23 bits per heavy atom. The van der Waals surface area contributed by atoms with Gasteiger partial charge in [-0.3, -0.25) is 9.79 Å². The van der Waals surface area contributed by atoms with E-state index in [4.69, 9.17) is 5.73 Å². The lowest BCUT2D eigenvalue weighted by molar-refractivity contribution is -0.143. The maximum absolute atomic E-state index is 14.0. The van der Waals surface area contributed by atoms with E-state index in [2.05, 4.69) is 4.99 Å². The van der Waals surface area contributed by atoms with Crippen LogP contribution < -0.4 is 5.73 Å². The number of hydrogen-bond donors (Lipinski definition) is 1. The average Bonchev–Trinajstić information content (AvgIpc) is 3.04. The molecule has 0 spiro atoms. The van der Waals surface area contributed by atoms with Crippen LogP contribution in [0.1, 0.15) is 63.1 Å². The van der Waals surface area contributed by atoms with Crippen LogP contribution in [0.5, 0.6) is 0 Å². The van der Waals surface area contributed by atoms with Gasteiger partial charge in [0.05, 0.1) is 17.2 Å². The van der Waals surface area contributed by atoms with Gasteiger partial charge in [0.25, 0.3) is 0 Å². The predicted molar refractivity (Wildman–Crippen MR) is 141 cm³/mol. The lowest BCUT2D eigenvalue weighted by Gasteiger charge is -2.25. The van der Waals surface area contributed by atoms with E-state index in [1.165, 1.54) is 12.2 Å². The number of primary amides is 1. The SMILES string of the molecule is CCC1=CC(C(=CCC2C=CCC(C)C(c3cc(C(F)(F)F)cc(C(F)(F)F)c3)=NC2C)C(N)=O)=CC=C(F)C1. The van der Waals surface area contributed by atoms with Gasteiger partial charge in [0.2, 0.25) is 5.91 Å². The number of rotatable bonds is 6. The molecule has 10 heteroatoms. The Kier molecular flexibility index (Phi) is 9.64. The molecule has 1 amide bonds. The third-order valence-electron chi connectivity index (χ3n) is 7.01. The number of amides is 1. The number of nitrogens with two attached hydrogens (primary N) is 1. The van der Waals surface area contributed by atoms with E-state index in [0.29, 0.717) is 30.5 Å². The summed E-state index contributed by atoms with van der Waals surface area (Å²) in [6, 6.07) is 0.948. The molecule has 0 aromatic heterocycles. The Morgan fingerprint density at radius 2 is 1.68 bits per heavy atom. The maximum atomic E-state index is 14.0. The lowest BCUT2D eigenvalue weighted by Crippen LogP contribution is -2.23. The summed E-state index contributed by atoms with van der Waals surface area (Å²) < 4.78 is 94.9. The number of benzene rings is 1. The molecule has 1 aliphatic carbocycles. The number of hydrogen-bond acceptors (Lipinski definition) is 2. The van der Waals surface area contributed by atoms with Gasteiger partial charge in [0.15, 0.2) is 0 Å². The van der Waals surface area contributed by atoms with E-state index in [-0.39, 0.29) is 47.5 Å². The van der Waals surface area contributed by atoms with Gasteiger partial charge in [-0.05, 0) is 61.6 Å². The molecule has 0 fully saturated rings. The van der Waals surface area contributed by atoms with E-state index < -0.39 is 41.3 Å². The minimum absolute atomic E-state index is 0.0988. The van der Waals surface area contributed by atoms with E-state index in [1.807, 2.05) is 19.1 Å². The van der Waals surface area contributed by atoms with E-state index in [0.717, 1.165) is 5.57 Å². The van der Waals surface area contributed by atoms with Gasteiger partial charge in [-0.1, -0.05) is 49.8 Å². The van der Waals surface area contributed by atoms with Crippen molar-refractivity contribution >= 4 is 11.6 Å². The van der Waals surface area contributed by atoms with Crippen LogP contribution in [-0.4, -0.2) is 17.7 Å². The van der Waals surface area contributed by atoms with Crippen molar-refractivity contribution < 1.29 is 35.5 Å². The summed E-state index contributed by atoms with van der Waals surface area (Å²) in [5, 5.41) is 0. The second-order valence-electron chi connectivity index (χ2n) is 10.1. The molecule has 40 heavy (non-hydrogen) atoms. The fourth-order valence-electron chi connectivity index (χ4n) is 4.69. The molecule has 1 aromatic carbocycles. The number of nitrogens with zero attached hydrogens (tertiary/aromatic N) is 1. The second kappa shape index (κ2) is 12.4. The summed E-state index contributed by atoms with van der Waals surface area (Å²) in [4.78, 5) is 16.9. The molecule has 3 atom stereocenters. The second-order valence-corrected chi connectivity index (χ2v) is 10.1. The van der Waals surface area contributed by atoms with Gasteiger partial charge < -0.3 is 5.73 Å². The first-order chi connectivity index (χ1) is 18.6. The number of allylic oxidation sites excluding steroid dienone is 7. The predicted octanol–water partition coefficient (Wildman–Crippen LogP) is 8.44. The van der Waals surface area contributed by atoms with Crippen molar-refractivity contribution in [2.24, 2.45) is 22.6 Å². The van der Waals surface area contributed by atoms with Crippen molar-refractivity contribution in [1.29, 1.82) is 0 Å². The van der Waals surface area contributed by atoms with Gasteiger partial charge >= 0.3 is 12.4 Å². The fourth-order valence-corrected chi connectivity index (χ4v) is 4.69. The first-order valence-corrected chi connectivity index (χ1v) is 12.9. The smallest absolute Gasteiger partial charge is 0.366 e. The summed E-state index contributed by atoms with van der Waals surface area (Å²) in [5.41, 5.74) is 4.17. The van der Waals surface area contributed by atoms with E-state index in [9.17, 15) is 35.5 Å². The molecule has 2 aliphatic rings. The average molecular weight is 569 g/mol. The Hall–Kier alpha value is -3.43. The number of aliphatic imine (C=N–C) groups is 1. The Morgan fingerprint density at radius 1 is 1.05 bits per heavy atom. The molecule has 0 radical (unpaired) electrons. The van der Waals surface area contributed by atoms with Gasteiger partial charge in [0, 0.05) is 29.5 Å². The minimum Gasteiger partial charge on any atom is -0.366 e. The third kappa shape index (κ3) is 7.82. The van der Waals surface area contributed by atoms with Crippen molar-refractivity contribution in [2.45, 2.75) is 64.8 Å². The zero-order valence-corrected chi connectivity index (χ0v) is 22.3. The third-order valence-corrected chi connectivity index (χ3v) is 7.01. The first-order valence-electron chi connectivity index (χ1n) is 12.9. The maximum Gasteiger partial charge on any atom is 0.416 e. The highest BCUT2D eigenvalue weighted by Crippen LogP contribution is 2.37. The van der Waals surface area contributed by atoms with Crippen molar-refractivity contribution in [3.8, 4) is 0 Å². The lowest BCUT2D eigenvalue weighted by atomic mass is 9.87. The number of carbonyl (C=O) groups excluding carboxylic acids is 1. The van der Waals surface area contributed by atoms with Crippen LogP contribution in [-0.2, 0) is 17.1 Å².